The molecule has 0 aromatic heterocycles. The van der Waals surface area contributed by atoms with Crippen LogP contribution in [0.5, 0.6) is 5.75 Å². The van der Waals surface area contributed by atoms with Crippen LogP contribution in [0.1, 0.15) is 34.0 Å². The van der Waals surface area contributed by atoms with Crippen LogP contribution >= 0.6 is 11.6 Å². The van der Waals surface area contributed by atoms with Crippen molar-refractivity contribution < 1.29 is 14.7 Å². The normalized spacial score (nSPS) is 11.7. The molecule has 2 amide bonds. The van der Waals surface area contributed by atoms with Crippen LogP contribution in [0.2, 0.25) is 5.02 Å². The molecule has 0 saturated heterocycles. The highest BCUT2D eigenvalue weighted by molar-refractivity contribution is 6.30. The maximum atomic E-state index is 12.9. The fourth-order valence-corrected chi connectivity index (χ4v) is 2.93. The van der Waals surface area contributed by atoms with Crippen LogP contribution in [0.3, 0.4) is 0 Å². The summed E-state index contributed by atoms with van der Waals surface area (Å²) >= 11 is 5.94. The minimum atomic E-state index is -0.584. The Morgan fingerprint density at radius 2 is 1.66 bits per heavy atom. The number of nitrogens with zero attached hydrogens (tertiary/aromatic N) is 1. The molecule has 0 bridgehead atoms. The number of nitrogens with one attached hydrogen (secondary N) is 2. The average Bonchev–Trinajstić information content (AvgIpc) is 2.80. The molecule has 0 aliphatic carbocycles. The molecule has 0 saturated carbocycles. The van der Waals surface area contributed by atoms with E-state index in [2.05, 4.69) is 15.8 Å². The molecular weight excluding hydrogens is 426 g/mol. The van der Waals surface area contributed by atoms with Crippen LogP contribution < -0.4 is 10.7 Å². The number of phenols is 1. The predicted molar refractivity (Wildman–Crippen MR) is 127 cm³/mol. The topological polar surface area (TPSA) is 90.8 Å². The molecule has 162 valence electrons. The lowest BCUT2D eigenvalue weighted by atomic mass is 10.1. The van der Waals surface area contributed by atoms with E-state index in [0.29, 0.717) is 27.4 Å². The number of aryl methyl sites for hydroxylation is 1. The number of amides is 2. The number of carbonyl (C=O) groups excluding carboxylic acids is 2. The smallest absolute Gasteiger partial charge is 0.287 e. The third-order valence-electron chi connectivity index (χ3n) is 4.65. The molecule has 0 heterocycles. The minimum absolute atomic E-state index is 0.0274. The zero-order valence-electron chi connectivity index (χ0n) is 17.6. The summed E-state index contributed by atoms with van der Waals surface area (Å²) in [5.74, 6) is -0.822. The molecule has 0 fully saturated rings. The summed E-state index contributed by atoms with van der Waals surface area (Å²) in [6, 6.07) is 20.5. The van der Waals surface area contributed by atoms with Gasteiger partial charge in [-0.3, -0.25) is 9.59 Å². The fourth-order valence-electron chi connectivity index (χ4n) is 2.81. The van der Waals surface area contributed by atoms with Crippen molar-refractivity contribution in [3.63, 3.8) is 0 Å². The van der Waals surface area contributed by atoms with Gasteiger partial charge in [-0.1, -0.05) is 41.9 Å². The number of hydrogen-bond acceptors (Lipinski definition) is 4. The van der Waals surface area contributed by atoms with Crippen molar-refractivity contribution >= 4 is 35.2 Å². The second kappa shape index (κ2) is 10.4. The lowest BCUT2D eigenvalue weighted by Crippen LogP contribution is -2.33. The first-order valence-corrected chi connectivity index (χ1v) is 10.2. The quantitative estimate of drug-likeness (QED) is 0.291. The van der Waals surface area contributed by atoms with Gasteiger partial charge in [0.1, 0.15) is 11.4 Å². The fraction of sp³-hybridized carbons (Fsp3) is 0.0800. The van der Waals surface area contributed by atoms with Crippen LogP contribution in [-0.2, 0) is 4.79 Å². The molecule has 0 radical (unpaired) electrons. The number of hydrogen-bond donors (Lipinski definition) is 3. The van der Waals surface area contributed by atoms with E-state index in [9.17, 15) is 14.7 Å². The van der Waals surface area contributed by atoms with Gasteiger partial charge in [-0.25, -0.2) is 5.43 Å². The third kappa shape index (κ3) is 6.06. The Morgan fingerprint density at radius 3 is 2.31 bits per heavy atom. The highest BCUT2D eigenvalue weighted by Gasteiger charge is 2.15. The summed E-state index contributed by atoms with van der Waals surface area (Å²) in [5, 5.41) is 17.0. The zero-order valence-corrected chi connectivity index (χ0v) is 18.4. The molecule has 0 atom stereocenters. The van der Waals surface area contributed by atoms with Crippen LogP contribution in [0.4, 0.5) is 0 Å². The molecular formula is C25H22ClN3O3. The summed E-state index contributed by atoms with van der Waals surface area (Å²) in [6.07, 6.45) is 1.54. The third-order valence-corrected chi connectivity index (χ3v) is 4.90. The molecule has 0 unspecified atom stereocenters. The van der Waals surface area contributed by atoms with Crippen molar-refractivity contribution in [2.24, 2.45) is 5.10 Å². The van der Waals surface area contributed by atoms with Gasteiger partial charge in [0.25, 0.3) is 11.8 Å². The van der Waals surface area contributed by atoms with Gasteiger partial charge >= 0.3 is 0 Å². The highest BCUT2D eigenvalue weighted by Crippen LogP contribution is 2.17. The molecule has 3 aromatic carbocycles. The summed E-state index contributed by atoms with van der Waals surface area (Å²) in [6.45, 7) is 3.51. The number of hydrazone groups is 1. The van der Waals surface area contributed by atoms with Gasteiger partial charge in [0, 0.05) is 10.6 Å². The van der Waals surface area contributed by atoms with Crippen LogP contribution in [0.15, 0.2) is 83.6 Å². The number of rotatable bonds is 6. The Balaban J connectivity index is 1.84. The van der Waals surface area contributed by atoms with Gasteiger partial charge in [0.15, 0.2) is 0 Å². The van der Waals surface area contributed by atoms with E-state index in [1.54, 1.807) is 92.7 Å². The van der Waals surface area contributed by atoms with Crippen molar-refractivity contribution in [2.45, 2.75) is 13.8 Å². The van der Waals surface area contributed by atoms with Crippen molar-refractivity contribution in [3.8, 4) is 5.75 Å². The summed E-state index contributed by atoms with van der Waals surface area (Å²) in [4.78, 5) is 25.5. The maximum Gasteiger partial charge on any atom is 0.287 e. The van der Waals surface area contributed by atoms with E-state index in [1.165, 1.54) is 0 Å². The van der Waals surface area contributed by atoms with E-state index < -0.39 is 11.8 Å². The Bertz CT molecular complexity index is 1190. The Hall–Kier alpha value is -3.90. The van der Waals surface area contributed by atoms with Gasteiger partial charge in [0.05, 0.1) is 5.71 Å². The molecule has 3 rings (SSSR count). The Morgan fingerprint density at radius 1 is 0.969 bits per heavy atom. The standard InChI is InChI=1S/C25H22ClN3O3/c1-16-14-20(10-13-23(16)30)17(2)28-29-25(32)22(15-18-8-11-21(26)12-9-18)27-24(31)19-6-4-3-5-7-19/h3-15,30H,1-2H3,(H,27,31)(H,29,32)/b22-15?,28-17+. The van der Waals surface area contributed by atoms with Gasteiger partial charge in [-0.2, -0.15) is 5.10 Å². The lowest BCUT2D eigenvalue weighted by molar-refractivity contribution is -0.117. The second-order valence-electron chi connectivity index (χ2n) is 7.07. The van der Waals surface area contributed by atoms with Crippen molar-refractivity contribution in [1.82, 2.24) is 10.7 Å². The molecule has 7 heteroatoms. The first-order chi connectivity index (χ1) is 15.3. The summed E-state index contributed by atoms with van der Waals surface area (Å²) in [7, 11) is 0. The van der Waals surface area contributed by atoms with E-state index in [1.807, 2.05) is 0 Å². The molecule has 6 nitrogen and oxygen atoms in total. The van der Waals surface area contributed by atoms with E-state index in [-0.39, 0.29) is 11.4 Å². The highest BCUT2D eigenvalue weighted by atomic mass is 35.5. The summed E-state index contributed by atoms with van der Waals surface area (Å²) < 4.78 is 0. The molecule has 0 aliphatic rings. The largest absolute Gasteiger partial charge is 0.508 e. The van der Waals surface area contributed by atoms with Crippen LogP contribution in [0.25, 0.3) is 6.08 Å². The number of halogens is 1. The van der Waals surface area contributed by atoms with Crippen LogP contribution in [-0.4, -0.2) is 22.6 Å². The summed E-state index contributed by atoms with van der Waals surface area (Å²) in [5.41, 5.74) is 5.60. The predicted octanol–water partition coefficient (Wildman–Crippen LogP) is 4.67. The maximum absolute atomic E-state index is 12.9. The van der Waals surface area contributed by atoms with Gasteiger partial charge in [-0.05, 0) is 79.1 Å². The van der Waals surface area contributed by atoms with Crippen molar-refractivity contribution in [1.29, 1.82) is 0 Å². The lowest BCUT2D eigenvalue weighted by Gasteiger charge is -2.10. The zero-order chi connectivity index (χ0) is 23.1. The monoisotopic (exact) mass is 447 g/mol. The van der Waals surface area contributed by atoms with Crippen LogP contribution in [0, 0.1) is 6.92 Å². The Labute approximate surface area is 191 Å². The van der Waals surface area contributed by atoms with Gasteiger partial charge in [-0.15, -0.1) is 0 Å². The van der Waals surface area contributed by atoms with Crippen molar-refractivity contribution in [3.05, 3.63) is 106 Å². The molecule has 3 N–H and O–H groups in total. The van der Waals surface area contributed by atoms with Crippen molar-refractivity contribution in [2.75, 3.05) is 0 Å². The molecule has 0 aliphatic heterocycles. The minimum Gasteiger partial charge on any atom is -0.508 e. The first-order valence-electron chi connectivity index (χ1n) is 9.82. The number of carbonyl (C=O) groups is 2. The second-order valence-corrected chi connectivity index (χ2v) is 7.51. The van der Waals surface area contributed by atoms with E-state index >= 15 is 0 Å². The molecule has 3 aromatic rings. The number of phenolic OH excluding ortho intramolecular Hbond substituents is 1. The van der Waals surface area contributed by atoms with Gasteiger partial charge < -0.3 is 10.4 Å². The SMILES string of the molecule is C/C(=N\NC(=O)C(=Cc1ccc(Cl)cc1)NC(=O)c1ccccc1)c1ccc(O)c(C)c1. The average molecular weight is 448 g/mol. The Kier molecular flexibility index (Phi) is 7.41. The van der Waals surface area contributed by atoms with Gasteiger partial charge in [0.2, 0.25) is 0 Å². The molecule has 0 spiro atoms. The number of benzene rings is 3. The first kappa shape index (κ1) is 22.8. The number of aromatic hydroxyl groups is 1. The van der Waals surface area contributed by atoms with E-state index in [4.69, 9.17) is 11.6 Å². The molecule has 32 heavy (non-hydrogen) atoms. The van der Waals surface area contributed by atoms with E-state index in [0.717, 1.165) is 5.56 Å².